The van der Waals surface area contributed by atoms with Gasteiger partial charge in [-0.25, -0.2) is 4.98 Å². The highest BCUT2D eigenvalue weighted by atomic mass is 16.6. The van der Waals surface area contributed by atoms with E-state index in [1.54, 1.807) is 7.11 Å². The van der Waals surface area contributed by atoms with Crippen LogP contribution in [0.4, 0.5) is 5.69 Å². The van der Waals surface area contributed by atoms with E-state index in [1.807, 2.05) is 6.92 Å². The number of hydrogen-bond acceptors (Lipinski definition) is 6. The zero-order chi connectivity index (χ0) is 14.3. The number of nitrogens with one attached hydrogen (secondary N) is 1. The number of methoxy groups -OCH3 is 2. The van der Waals surface area contributed by atoms with Crippen LogP contribution in [-0.2, 0) is 11.2 Å². The molecule has 1 aromatic heterocycles. The molecule has 1 heterocycles. The van der Waals surface area contributed by atoms with E-state index in [0.29, 0.717) is 24.6 Å². The number of nitro groups is 1. The average Bonchev–Trinajstić information content (AvgIpc) is 2.38. The van der Waals surface area contributed by atoms with Crippen molar-refractivity contribution in [2.45, 2.75) is 19.4 Å². The Hall–Kier alpha value is -1.73. The first-order chi connectivity index (χ1) is 9.12. The van der Waals surface area contributed by atoms with Gasteiger partial charge in [-0.2, -0.15) is 0 Å². The van der Waals surface area contributed by atoms with Crippen LogP contribution in [0, 0.1) is 10.1 Å². The van der Waals surface area contributed by atoms with Crippen LogP contribution in [0.5, 0.6) is 5.88 Å². The Morgan fingerprint density at radius 2 is 2.21 bits per heavy atom. The molecular weight excluding hydrogens is 250 g/mol. The summed E-state index contributed by atoms with van der Waals surface area (Å²) in [7, 11) is 3.08. The van der Waals surface area contributed by atoms with Crippen LogP contribution in [0.3, 0.4) is 0 Å². The zero-order valence-electron chi connectivity index (χ0n) is 11.4. The van der Waals surface area contributed by atoms with Gasteiger partial charge in [-0.3, -0.25) is 10.1 Å². The van der Waals surface area contributed by atoms with E-state index in [0.717, 1.165) is 6.54 Å². The first-order valence-corrected chi connectivity index (χ1v) is 6.03. The summed E-state index contributed by atoms with van der Waals surface area (Å²) >= 11 is 0. The minimum atomic E-state index is -0.433. The van der Waals surface area contributed by atoms with Crippen molar-refractivity contribution in [2.75, 3.05) is 27.4 Å². The third-order valence-electron chi connectivity index (χ3n) is 2.63. The van der Waals surface area contributed by atoms with Crippen LogP contribution in [0.25, 0.3) is 0 Å². The van der Waals surface area contributed by atoms with Crippen molar-refractivity contribution in [3.8, 4) is 5.88 Å². The van der Waals surface area contributed by atoms with Crippen molar-refractivity contribution in [3.63, 3.8) is 0 Å². The maximum absolute atomic E-state index is 11.0. The third-order valence-corrected chi connectivity index (χ3v) is 2.63. The predicted octanol–water partition coefficient (Wildman–Crippen LogP) is 1.17. The van der Waals surface area contributed by atoms with Gasteiger partial charge in [0.25, 0.3) is 5.69 Å². The average molecular weight is 269 g/mol. The summed E-state index contributed by atoms with van der Waals surface area (Å²) in [6.45, 7) is 3.19. The van der Waals surface area contributed by atoms with Gasteiger partial charge in [0.05, 0.1) is 18.6 Å². The van der Waals surface area contributed by atoms with Crippen LogP contribution in [0.1, 0.15) is 12.6 Å². The molecule has 0 aromatic carbocycles. The molecular formula is C12H19N3O4. The van der Waals surface area contributed by atoms with Crippen molar-refractivity contribution in [1.82, 2.24) is 10.3 Å². The number of likely N-dealkylation sites (N-methyl/N-ethyl adjacent to an activating group) is 1. The fourth-order valence-corrected chi connectivity index (χ4v) is 1.82. The third kappa shape index (κ3) is 4.46. The quantitative estimate of drug-likeness (QED) is 0.563. The monoisotopic (exact) mass is 269 g/mol. The number of nitrogens with zero attached hydrogens (tertiary/aromatic N) is 2. The lowest BCUT2D eigenvalue weighted by molar-refractivity contribution is -0.386. The van der Waals surface area contributed by atoms with Gasteiger partial charge in [-0.05, 0) is 6.54 Å². The Morgan fingerprint density at radius 3 is 2.74 bits per heavy atom. The molecule has 0 saturated carbocycles. The van der Waals surface area contributed by atoms with E-state index in [2.05, 4.69) is 10.3 Å². The maximum Gasteiger partial charge on any atom is 0.291 e. The maximum atomic E-state index is 11.0. The first-order valence-electron chi connectivity index (χ1n) is 6.03. The summed E-state index contributed by atoms with van der Waals surface area (Å²) in [5.41, 5.74) is 0.396. The molecule has 0 bridgehead atoms. The molecule has 19 heavy (non-hydrogen) atoms. The molecule has 0 aliphatic rings. The molecule has 7 heteroatoms. The van der Waals surface area contributed by atoms with Gasteiger partial charge in [0.15, 0.2) is 0 Å². The van der Waals surface area contributed by atoms with E-state index in [9.17, 15) is 10.1 Å². The largest absolute Gasteiger partial charge is 0.481 e. The summed E-state index contributed by atoms with van der Waals surface area (Å²) in [6.07, 6.45) is 0.412. The van der Waals surface area contributed by atoms with Crippen LogP contribution < -0.4 is 10.1 Å². The SMILES string of the molecule is CCNC(COC)Cc1nc(OC)ccc1[N+](=O)[O-]. The lowest BCUT2D eigenvalue weighted by atomic mass is 10.1. The molecule has 0 fully saturated rings. The molecule has 0 spiro atoms. The van der Waals surface area contributed by atoms with Gasteiger partial charge in [-0.1, -0.05) is 6.92 Å². The smallest absolute Gasteiger partial charge is 0.291 e. The molecule has 0 aliphatic heterocycles. The number of aromatic nitrogens is 1. The van der Waals surface area contributed by atoms with Crippen molar-refractivity contribution >= 4 is 5.69 Å². The Balaban J connectivity index is 2.97. The van der Waals surface area contributed by atoms with E-state index in [-0.39, 0.29) is 11.7 Å². The van der Waals surface area contributed by atoms with Gasteiger partial charge in [0.2, 0.25) is 5.88 Å². The summed E-state index contributed by atoms with van der Waals surface area (Å²) in [5, 5.41) is 14.2. The highest BCUT2D eigenvalue weighted by Gasteiger charge is 2.20. The Bertz CT molecular complexity index is 419. The van der Waals surface area contributed by atoms with E-state index >= 15 is 0 Å². The Kier molecular flexibility index (Phi) is 6.17. The van der Waals surface area contributed by atoms with Crippen LogP contribution in [-0.4, -0.2) is 43.3 Å². The lowest BCUT2D eigenvalue weighted by Gasteiger charge is -2.16. The summed E-state index contributed by atoms with van der Waals surface area (Å²) in [6, 6.07) is 2.88. The second-order valence-electron chi connectivity index (χ2n) is 3.99. The lowest BCUT2D eigenvalue weighted by Crippen LogP contribution is -2.35. The molecule has 106 valence electrons. The number of hydrogen-bond donors (Lipinski definition) is 1. The topological polar surface area (TPSA) is 86.5 Å². The number of pyridine rings is 1. The molecule has 0 radical (unpaired) electrons. The second-order valence-corrected chi connectivity index (χ2v) is 3.99. The minimum absolute atomic E-state index is 0.000180. The molecule has 1 unspecified atom stereocenters. The van der Waals surface area contributed by atoms with Gasteiger partial charge >= 0.3 is 0 Å². The number of rotatable bonds is 8. The molecule has 1 atom stereocenters. The van der Waals surface area contributed by atoms with E-state index in [1.165, 1.54) is 19.2 Å². The fourth-order valence-electron chi connectivity index (χ4n) is 1.82. The summed E-state index contributed by atoms with van der Waals surface area (Å²) in [5.74, 6) is 0.369. The fraction of sp³-hybridized carbons (Fsp3) is 0.583. The van der Waals surface area contributed by atoms with Gasteiger partial charge in [0, 0.05) is 31.7 Å². The molecule has 0 amide bonds. The first kappa shape index (κ1) is 15.3. The molecule has 7 nitrogen and oxygen atoms in total. The van der Waals surface area contributed by atoms with E-state index < -0.39 is 4.92 Å². The molecule has 1 aromatic rings. The van der Waals surface area contributed by atoms with Crippen LogP contribution in [0.15, 0.2) is 12.1 Å². The van der Waals surface area contributed by atoms with Crippen molar-refractivity contribution < 1.29 is 14.4 Å². The zero-order valence-corrected chi connectivity index (χ0v) is 11.4. The molecule has 1 N–H and O–H groups in total. The summed E-state index contributed by atoms with van der Waals surface area (Å²) < 4.78 is 10.1. The Labute approximate surface area is 112 Å². The normalized spacial score (nSPS) is 12.2. The predicted molar refractivity (Wildman–Crippen MR) is 70.5 cm³/mol. The van der Waals surface area contributed by atoms with Crippen LogP contribution in [0.2, 0.25) is 0 Å². The van der Waals surface area contributed by atoms with Crippen molar-refractivity contribution in [3.05, 3.63) is 27.9 Å². The minimum Gasteiger partial charge on any atom is -0.481 e. The molecule has 0 saturated heterocycles. The molecule has 1 rings (SSSR count). The number of ether oxygens (including phenoxy) is 2. The van der Waals surface area contributed by atoms with Crippen molar-refractivity contribution in [2.24, 2.45) is 0 Å². The summed E-state index contributed by atoms with van der Waals surface area (Å²) in [4.78, 5) is 14.7. The second kappa shape index (κ2) is 7.65. The molecule has 0 aliphatic carbocycles. The highest BCUT2D eigenvalue weighted by Crippen LogP contribution is 2.21. The highest BCUT2D eigenvalue weighted by molar-refractivity contribution is 5.38. The van der Waals surface area contributed by atoms with Gasteiger partial charge in [-0.15, -0.1) is 0 Å². The van der Waals surface area contributed by atoms with Gasteiger partial charge in [0.1, 0.15) is 5.69 Å². The van der Waals surface area contributed by atoms with Gasteiger partial charge < -0.3 is 14.8 Å². The van der Waals surface area contributed by atoms with Crippen LogP contribution >= 0.6 is 0 Å². The Morgan fingerprint density at radius 1 is 1.47 bits per heavy atom. The standard InChI is InChI=1S/C12H19N3O4/c1-4-13-9(8-18-2)7-10-11(15(16)17)5-6-12(14-10)19-3/h5-6,9,13H,4,7-8H2,1-3H3. The van der Waals surface area contributed by atoms with Crippen molar-refractivity contribution in [1.29, 1.82) is 0 Å². The van der Waals surface area contributed by atoms with E-state index in [4.69, 9.17) is 9.47 Å².